The zero-order chi connectivity index (χ0) is 19.1. The van der Waals surface area contributed by atoms with E-state index in [1.807, 2.05) is 18.2 Å². The minimum absolute atomic E-state index is 0.0664. The van der Waals surface area contributed by atoms with Gasteiger partial charge in [0.1, 0.15) is 23.4 Å². The average Bonchev–Trinajstić information content (AvgIpc) is 2.88. The summed E-state index contributed by atoms with van der Waals surface area (Å²) in [5.41, 5.74) is 1.91. The third-order valence-corrected chi connectivity index (χ3v) is 4.16. The molecule has 0 spiro atoms. The highest BCUT2D eigenvalue weighted by molar-refractivity contribution is 6.31. The van der Waals surface area contributed by atoms with Gasteiger partial charge in [0.25, 0.3) is 0 Å². The first kappa shape index (κ1) is 20.0. The van der Waals surface area contributed by atoms with E-state index >= 15 is 0 Å². The first-order valence-electron chi connectivity index (χ1n) is 7.71. The van der Waals surface area contributed by atoms with Gasteiger partial charge in [-0.15, -0.1) is 0 Å². The first-order valence-corrected chi connectivity index (χ1v) is 8.47. The molecule has 2 rings (SSSR count). The molecule has 0 aliphatic heterocycles. The normalized spacial score (nSPS) is 11.3. The second-order valence-electron chi connectivity index (χ2n) is 5.37. The van der Waals surface area contributed by atoms with Crippen LogP contribution in [0.5, 0.6) is 0 Å². The molecule has 1 heterocycles. The van der Waals surface area contributed by atoms with Crippen molar-refractivity contribution in [2.75, 3.05) is 20.3 Å². The number of methoxy groups -OCH3 is 1. The van der Waals surface area contributed by atoms with Gasteiger partial charge in [0, 0.05) is 17.7 Å². The Balaban J connectivity index is 2.23. The Morgan fingerprint density at radius 3 is 2.62 bits per heavy atom. The van der Waals surface area contributed by atoms with Gasteiger partial charge in [0.15, 0.2) is 0 Å². The maximum atomic E-state index is 12.0. The third kappa shape index (κ3) is 5.09. The molecule has 2 aromatic rings. The summed E-state index contributed by atoms with van der Waals surface area (Å²) in [5.74, 6) is -0.731. The molecule has 6 nitrogen and oxygen atoms in total. The summed E-state index contributed by atoms with van der Waals surface area (Å²) in [7, 11) is 1.49. The van der Waals surface area contributed by atoms with Crippen molar-refractivity contribution < 1.29 is 14.3 Å². The summed E-state index contributed by atoms with van der Waals surface area (Å²) in [6.45, 7) is 2.51. The molecule has 0 aliphatic carbocycles. The molecular formula is C18H17Cl2N3O3. The van der Waals surface area contributed by atoms with Crippen molar-refractivity contribution in [1.82, 2.24) is 9.78 Å². The van der Waals surface area contributed by atoms with Gasteiger partial charge in [0.2, 0.25) is 0 Å². The number of rotatable bonds is 7. The van der Waals surface area contributed by atoms with Crippen LogP contribution in [0.15, 0.2) is 29.8 Å². The Hall–Kier alpha value is -2.33. The fourth-order valence-electron chi connectivity index (χ4n) is 2.18. The molecule has 8 heteroatoms. The van der Waals surface area contributed by atoms with Crippen molar-refractivity contribution in [3.05, 3.63) is 56.8 Å². The number of benzene rings is 1. The summed E-state index contributed by atoms with van der Waals surface area (Å²) in [6, 6.07) is 9.15. The Kier molecular flexibility index (Phi) is 7.22. The summed E-state index contributed by atoms with van der Waals surface area (Å²) in [6.07, 6.45) is 1.39. The maximum absolute atomic E-state index is 12.0. The lowest BCUT2D eigenvalue weighted by atomic mass is 10.1. The molecule has 0 bridgehead atoms. The molecule has 136 valence electrons. The van der Waals surface area contributed by atoms with E-state index < -0.39 is 5.97 Å². The fourth-order valence-corrected chi connectivity index (χ4v) is 2.59. The van der Waals surface area contributed by atoms with Gasteiger partial charge in [0.05, 0.1) is 18.8 Å². The summed E-state index contributed by atoms with van der Waals surface area (Å²) < 4.78 is 11.4. The second-order valence-corrected chi connectivity index (χ2v) is 6.17. The topological polar surface area (TPSA) is 77.1 Å². The minimum atomic E-state index is -0.731. The molecule has 0 saturated heterocycles. The van der Waals surface area contributed by atoms with Crippen molar-refractivity contribution in [2.24, 2.45) is 0 Å². The van der Waals surface area contributed by atoms with Gasteiger partial charge < -0.3 is 9.47 Å². The molecular weight excluding hydrogens is 377 g/mol. The van der Waals surface area contributed by atoms with Crippen LogP contribution >= 0.6 is 23.2 Å². The number of nitrogens with zero attached hydrogens (tertiary/aromatic N) is 3. The number of aryl methyl sites for hydroxylation is 1. The molecule has 0 atom stereocenters. The highest BCUT2D eigenvalue weighted by Gasteiger charge is 2.17. The van der Waals surface area contributed by atoms with Crippen LogP contribution < -0.4 is 0 Å². The average molecular weight is 394 g/mol. The van der Waals surface area contributed by atoms with Crippen molar-refractivity contribution in [1.29, 1.82) is 5.26 Å². The predicted octanol–water partition coefficient (Wildman–Crippen LogP) is 3.64. The molecule has 0 saturated carbocycles. The number of carbonyl (C=O) groups excluding carboxylic acids is 1. The standard InChI is InChI=1S/C18H17Cl2N3O3/c1-12-16(9-14(10-21)18(24)26-8-7-25-2)17(20)23(22-12)11-13-3-5-15(19)6-4-13/h3-6,9H,7-8,11H2,1-2H3. The lowest BCUT2D eigenvalue weighted by Crippen LogP contribution is -2.11. The highest BCUT2D eigenvalue weighted by Crippen LogP contribution is 2.24. The Labute approximate surface area is 161 Å². The van der Waals surface area contributed by atoms with Crippen LogP contribution in [0.25, 0.3) is 6.08 Å². The SMILES string of the molecule is COCCOC(=O)C(C#N)=Cc1c(C)nn(Cc2ccc(Cl)cc2)c1Cl. The number of carbonyl (C=O) groups is 1. The largest absolute Gasteiger partial charge is 0.459 e. The molecule has 0 amide bonds. The zero-order valence-corrected chi connectivity index (χ0v) is 15.8. The number of nitriles is 1. The number of esters is 1. The van der Waals surface area contributed by atoms with Gasteiger partial charge in [-0.1, -0.05) is 35.3 Å². The van der Waals surface area contributed by atoms with Gasteiger partial charge in [-0.25, -0.2) is 9.48 Å². The van der Waals surface area contributed by atoms with Crippen molar-refractivity contribution in [3.63, 3.8) is 0 Å². The highest BCUT2D eigenvalue weighted by atomic mass is 35.5. The smallest absolute Gasteiger partial charge is 0.348 e. The van der Waals surface area contributed by atoms with Crippen LogP contribution in [0.3, 0.4) is 0 Å². The van der Waals surface area contributed by atoms with E-state index in [1.165, 1.54) is 13.2 Å². The minimum Gasteiger partial charge on any atom is -0.459 e. The van der Waals surface area contributed by atoms with Crippen molar-refractivity contribution in [3.8, 4) is 6.07 Å². The number of halogens is 2. The van der Waals surface area contributed by atoms with Crippen LogP contribution in [-0.2, 0) is 20.8 Å². The van der Waals surface area contributed by atoms with E-state index in [0.29, 0.717) is 28.0 Å². The number of aromatic nitrogens is 2. The zero-order valence-electron chi connectivity index (χ0n) is 14.3. The van der Waals surface area contributed by atoms with Crippen LogP contribution in [0, 0.1) is 18.3 Å². The van der Waals surface area contributed by atoms with E-state index in [0.717, 1.165) is 5.56 Å². The van der Waals surface area contributed by atoms with Gasteiger partial charge >= 0.3 is 5.97 Å². The lowest BCUT2D eigenvalue weighted by Gasteiger charge is -2.04. The van der Waals surface area contributed by atoms with Crippen LogP contribution in [0.1, 0.15) is 16.8 Å². The monoisotopic (exact) mass is 393 g/mol. The predicted molar refractivity (Wildman–Crippen MR) is 99.0 cm³/mol. The summed E-state index contributed by atoms with van der Waals surface area (Å²) >= 11 is 12.3. The van der Waals surface area contributed by atoms with E-state index in [4.69, 9.17) is 32.7 Å². The van der Waals surface area contributed by atoms with Gasteiger partial charge in [-0.2, -0.15) is 10.4 Å². The third-order valence-electron chi connectivity index (χ3n) is 3.50. The van der Waals surface area contributed by atoms with E-state index in [-0.39, 0.29) is 18.8 Å². The molecule has 0 aliphatic rings. The molecule has 0 unspecified atom stereocenters. The fraction of sp³-hybridized carbons (Fsp3) is 0.278. The molecule has 0 N–H and O–H groups in total. The Morgan fingerprint density at radius 2 is 2.00 bits per heavy atom. The number of hydrogen-bond acceptors (Lipinski definition) is 5. The second kappa shape index (κ2) is 9.39. The summed E-state index contributed by atoms with van der Waals surface area (Å²) in [4.78, 5) is 12.0. The molecule has 1 aromatic carbocycles. The summed E-state index contributed by atoms with van der Waals surface area (Å²) in [5, 5.41) is 14.6. The Bertz CT molecular complexity index is 852. The van der Waals surface area contributed by atoms with E-state index in [2.05, 4.69) is 5.10 Å². The first-order chi connectivity index (χ1) is 12.5. The lowest BCUT2D eigenvalue weighted by molar-refractivity contribution is -0.139. The van der Waals surface area contributed by atoms with E-state index in [9.17, 15) is 10.1 Å². The molecule has 26 heavy (non-hydrogen) atoms. The van der Waals surface area contributed by atoms with E-state index in [1.54, 1.807) is 23.7 Å². The van der Waals surface area contributed by atoms with Crippen LogP contribution in [0.4, 0.5) is 0 Å². The number of ether oxygens (including phenoxy) is 2. The molecule has 0 radical (unpaired) electrons. The van der Waals surface area contributed by atoms with Gasteiger partial charge in [-0.05, 0) is 30.7 Å². The number of hydrogen-bond donors (Lipinski definition) is 0. The van der Waals surface area contributed by atoms with Crippen LogP contribution in [-0.4, -0.2) is 36.1 Å². The Morgan fingerprint density at radius 1 is 1.31 bits per heavy atom. The van der Waals surface area contributed by atoms with Crippen molar-refractivity contribution in [2.45, 2.75) is 13.5 Å². The maximum Gasteiger partial charge on any atom is 0.348 e. The molecule has 1 aromatic heterocycles. The quantitative estimate of drug-likeness (QED) is 0.310. The van der Waals surface area contributed by atoms with Gasteiger partial charge in [-0.3, -0.25) is 0 Å². The van der Waals surface area contributed by atoms with Crippen molar-refractivity contribution >= 4 is 35.2 Å². The van der Waals surface area contributed by atoms with Crippen LogP contribution in [0.2, 0.25) is 10.2 Å². The molecule has 0 fully saturated rings.